The van der Waals surface area contributed by atoms with Crippen molar-refractivity contribution in [1.82, 2.24) is 0 Å². The van der Waals surface area contributed by atoms with Gasteiger partial charge in [0.1, 0.15) is 0 Å². The topological polar surface area (TPSA) is 18.5 Å². The SMILES string of the molecule is COC12C#CC(c3ccccc3)=C=C=C(c3ccccc3)C#CC(OC)(C#CC(c3ccccc3)=C=C=C(c3ccccc3)C#C1)C#CC(c1ccccc1)=C=C=C(c1ccccc1)C#C2. The molecule has 0 fully saturated rings. The standard InChI is InChI=1S/C64H36O2/c1-65-63-45-39-57(51-21-9-3-10-22-51)33-36-60(54-27-15-6-16-28-54)42-48-64(66-2,49-43-61(55-29-17-7-18-30-55)37-34-58(40-46-63)52-23-11-4-12-24-52)50-44-62(56-31-19-8-20-32-56)38-35-59(41-47-63)53-25-13-5-14-26-53/h3-32H,1-2H3. The predicted octanol–water partition coefficient (Wildman–Crippen LogP) is 11.6. The molecule has 2 heteroatoms. The Balaban J connectivity index is 1.61. The number of hydrogen-bond donors (Lipinski definition) is 0. The van der Waals surface area contributed by atoms with Gasteiger partial charge in [-0.3, -0.25) is 0 Å². The van der Waals surface area contributed by atoms with E-state index in [0.717, 1.165) is 33.4 Å². The smallest absolute Gasteiger partial charge is 0.254 e. The molecule has 0 heterocycles. The molecule has 2 nitrogen and oxygen atoms in total. The van der Waals surface area contributed by atoms with Gasteiger partial charge in [0, 0.05) is 14.2 Å². The van der Waals surface area contributed by atoms with Gasteiger partial charge in [-0.2, -0.15) is 0 Å². The van der Waals surface area contributed by atoms with Crippen molar-refractivity contribution in [2.45, 2.75) is 11.2 Å². The second-order valence-electron chi connectivity index (χ2n) is 14.5. The van der Waals surface area contributed by atoms with E-state index in [4.69, 9.17) is 9.47 Å². The van der Waals surface area contributed by atoms with E-state index < -0.39 is 11.2 Å². The first-order valence-corrected chi connectivity index (χ1v) is 20.9. The lowest BCUT2D eigenvalue weighted by Crippen LogP contribution is -2.25. The Hall–Kier alpha value is -9.50. The molecule has 0 aliphatic heterocycles. The Morgan fingerprint density at radius 2 is 0.394 bits per heavy atom. The second kappa shape index (κ2) is 21.0. The molecular formula is C64H36O2. The molecular weight excluding hydrogens is 801 g/mol. The highest BCUT2D eigenvalue weighted by Crippen LogP contribution is 2.22. The molecule has 3 aliphatic rings. The van der Waals surface area contributed by atoms with Crippen LogP contribution in [0.3, 0.4) is 0 Å². The molecule has 66 heavy (non-hydrogen) atoms. The Bertz CT molecular complexity index is 2920. The van der Waals surface area contributed by atoms with Gasteiger partial charge in [0.05, 0.1) is 33.4 Å². The van der Waals surface area contributed by atoms with Crippen LogP contribution < -0.4 is 0 Å². The van der Waals surface area contributed by atoms with Crippen molar-refractivity contribution in [2.75, 3.05) is 14.2 Å². The van der Waals surface area contributed by atoms with E-state index in [9.17, 15) is 0 Å². The number of benzene rings is 6. The van der Waals surface area contributed by atoms with Crippen LogP contribution in [-0.4, -0.2) is 25.4 Å². The van der Waals surface area contributed by atoms with Gasteiger partial charge in [0.25, 0.3) is 11.2 Å². The lowest BCUT2D eigenvalue weighted by atomic mass is 9.98. The van der Waals surface area contributed by atoms with Crippen molar-refractivity contribution < 1.29 is 9.47 Å². The maximum absolute atomic E-state index is 6.30. The van der Waals surface area contributed by atoms with Crippen LogP contribution in [0, 0.1) is 71.0 Å². The highest BCUT2D eigenvalue weighted by Gasteiger charge is 2.24. The molecule has 9 rings (SSSR count). The first-order valence-electron chi connectivity index (χ1n) is 20.9. The fourth-order valence-corrected chi connectivity index (χ4v) is 6.45. The highest BCUT2D eigenvalue weighted by atomic mass is 16.5. The zero-order valence-electron chi connectivity index (χ0n) is 36.1. The normalized spacial score (nSPS) is 17.0. The Kier molecular flexibility index (Phi) is 13.8. The zero-order valence-corrected chi connectivity index (χ0v) is 36.1. The predicted molar refractivity (Wildman–Crippen MR) is 266 cm³/mol. The molecule has 0 atom stereocenters. The van der Waals surface area contributed by atoms with Crippen LogP contribution in [0.25, 0.3) is 33.4 Å². The third kappa shape index (κ3) is 10.9. The van der Waals surface area contributed by atoms with Crippen molar-refractivity contribution in [1.29, 1.82) is 0 Å². The van der Waals surface area contributed by atoms with Crippen LogP contribution in [0.15, 0.2) is 216 Å². The second-order valence-corrected chi connectivity index (χ2v) is 14.5. The molecule has 3 aliphatic carbocycles. The summed E-state index contributed by atoms with van der Waals surface area (Å²) in [5.41, 5.74) is 24.5. The first-order chi connectivity index (χ1) is 32.5. The Morgan fingerprint density at radius 1 is 0.242 bits per heavy atom. The van der Waals surface area contributed by atoms with E-state index >= 15 is 0 Å². The molecule has 0 aromatic heterocycles. The molecule has 0 N–H and O–H groups in total. The number of rotatable bonds is 8. The van der Waals surface area contributed by atoms with Gasteiger partial charge in [-0.25, -0.2) is 0 Å². The molecule has 0 saturated carbocycles. The van der Waals surface area contributed by atoms with Crippen LogP contribution in [0.2, 0.25) is 0 Å². The van der Waals surface area contributed by atoms with E-state index in [0.29, 0.717) is 33.4 Å². The van der Waals surface area contributed by atoms with E-state index in [1.807, 2.05) is 182 Å². The Morgan fingerprint density at radius 3 is 0.530 bits per heavy atom. The van der Waals surface area contributed by atoms with Crippen LogP contribution in [-0.2, 0) is 9.47 Å². The summed E-state index contributed by atoms with van der Waals surface area (Å²) in [6.07, 6.45) is 0. The van der Waals surface area contributed by atoms with Crippen LogP contribution in [0.4, 0.5) is 0 Å². The van der Waals surface area contributed by atoms with Crippen molar-refractivity contribution in [3.8, 4) is 71.0 Å². The lowest BCUT2D eigenvalue weighted by Gasteiger charge is -2.14. The van der Waals surface area contributed by atoms with Gasteiger partial charge < -0.3 is 9.47 Å². The number of ether oxygens (including phenoxy) is 2. The fourth-order valence-electron chi connectivity index (χ4n) is 6.45. The first kappa shape index (κ1) is 43.2. The third-order valence-corrected chi connectivity index (χ3v) is 10.1. The molecule has 0 spiro atoms. The van der Waals surface area contributed by atoms with Crippen LogP contribution in [0.1, 0.15) is 33.4 Å². The maximum atomic E-state index is 6.30. The summed E-state index contributed by atoms with van der Waals surface area (Å²) < 4.78 is 12.6. The van der Waals surface area contributed by atoms with Crippen LogP contribution in [0.5, 0.6) is 0 Å². The molecule has 0 amide bonds. The minimum absolute atomic E-state index is 0.499. The Labute approximate surface area is 387 Å². The minimum Gasteiger partial charge on any atom is -0.345 e. The van der Waals surface area contributed by atoms with Crippen molar-refractivity contribution in [2.24, 2.45) is 0 Å². The summed E-state index contributed by atoms with van der Waals surface area (Å²) in [6, 6.07) is 58.3. The molecule has 6 aromatic carbocycles. The monoisotopic (exact) mass is 836 g/mol. The zero-order chi connectivity index (χ0) is 45.3. The van der Waals surface area contributed by atoms with Crippen LogP contribution >= 0.6 is 0 Å². The van der Waals surface area contributed by atoms with E-state index in [-0.39, 0.29) is 0 Å². The number of allylic oxidation sites excluding steroid dienone is 6. The largest absolute Gasteiger partial charge is 0.345 e. The number of fused-ring (bicyclic) bond motifs is 6. The molecule has 0 unspecified atom stereocenters. The minimum atomic E-state index is -1.68. The molecule has 6 aromatic rings. The maximum Gasteiger partial charge on any atom is 0.254 e. The molecule has 304 valence electrons. The average Bonchev–Trinajstić information content (AvgIpc) is 3.39. The van der Waals surface area contributed by atoms with Crippen molar-refractivity contribution >= 4 is 33.4 Å². The summed E-state index contributed by atoms with van der Waals surface area (Å²) in [7, 11) is 3.08. The van der Waals surface area contributed by atoms with E-state index in [1.54, 1.807) is 14.2 Å². The molecule has 0 saturated heterocycles. The third-order valence-electron chi connectivity index (χ3n) is 10.1. The highest BCUT2D eigenvalue weighted by molar-refractivity contribution is 5.87. The quantitative estimate of drug-likeness (QED) is 0.112. The van der Waals surface area contributed by atoms with Gasteiger partial charge in [-0.1, -0.05) is 252 Å². The van der Waals surface area contributed by atoms with Gasteiger partial charge in [0.2, 0.25) is 0 Å². The lowest BCUT2D eigenvalue weighted by molar-refractivity contribution is 0.139. The summed E-state index contributed by atoms with van der Waals surface area (Å²) in [5, 5.41) is 0. The van der Waals surface area contributed by atoms with Gasteiger partial charge >= 0.3 is 0 Å². The number of methoxy groups -OCH3 is 2. The van der Waals surface area contributed by atoms with Crippen molar-refractivity contribution in [3.05, 3.63) is 250 Å². The van der Waals surface area contributed by atoms with E-state index in [1.165, 1.54) is 0 Å². The van der Waals surface area contributed by atoms with Crippen molar-refractivity contribution in [3.63, 3.8) is 0 Å². The summed E-state index contributed by atoms with van der Waals surface area (Å²) in [5.74, 6) is 40.0. The molecule has 2 bridgehead atoms. The summed E-state index contributed by atoms with van der Waals surface area (Å²) in [6.45, 7) is 0. The van der Waals surface area contributed by atoms with Gasteiger partial charge in [-0.15, -0.1) is 0 Å². The number of hydrogen-bond acceptors (Lipinski definition) is 2. The fraction of sp³-hybridized carbons (Fsp3) is 0.0625. The average molecular weight is 837 g/mol. The summed E-state index contributed by atoms with van der Waals surface area (Å²) in [4.78, 5) is 0. The summed E-state index contributed by atoms with van der Waals surface area (Å²) >= 11 is 0. The van der Waals surface area contributed by atoms with Gasteiger partial charge in [-0.05, 0) is 68.9 Å². The molecule has 0 radical (unpaired) electrons. The van der Waals surface area contributed by atoms with E-state index in [2.05, 4.69) is 105 Å². The van der Waals surface area contributed by atoms with Gasteiger partial charge in [0.15, 0.2) is 0 Å².